The Hall–Kier alpha value is -0.290. The molecule has 0 rings (SSSR count). The Balaban J connectivity index is -0.0000000400. The van der Waals surface area contributed by atoms with Crippen LogP contribution in [0.3, 0.4) is 0 Å². The molecule has 0 heterocycles. The standard InChI is InChI=1S/HN3.HNO2.Na/c1-3-2;2-1-3;/h1H;(H,2,3);/q;;+1/p-1. The fraction of sp³-hybridized carbons (Fsp3) is 0. The molecule has 0 aliphatic carbocycles. The second-order valence-corrected chi connectivity index (χ2v) is 0.175. The van der Waals surface area contributed by atoms with Gasteiger partial charge in [0.05, 0.1) is 0 Å². The van der Waals surface area contributed by atoms with Gasteiger partial charge in [-0.2, -0.15) is 0 Å². The Morgan fingerprint density at radius 2 is 1.86 bits per heavy atom. The molecule has 0 unspecified atom stereocenters. The molecule has 1 N–H and O–H groups in total. The van der Waals surface area contributed by atoms with Gasteiger partial charge in [0.2, 0.25) is 0 Å². The normalized spacial score (nSPS) is 2.86. The van der Waals surface area contributed by atoms with Crippen molar-refractivity contribution in [3.63, 3.8) is 0 Å². The molecule has 0 aromatic heterocycles. The van der Waals surface area contributed by atoms with Gasteiger partial charge in [0, 0.05) is 0 Å². The molecular weight excluding hydrogens is 111 g/mol. The van der Waals surface area contributed by atoms with Gasteiger partial charge >= 0.3 is 29.6 Å². The molecule has 0 radical (unpaired) electrons. The van der Waals surface area contributed by atoms with E-state index in [-0.39, 0.29) is 29.6 Å². The van der Waals surface area contributed by atoms with Crippen molar-refractivity contribution < 1.29 is 29.6 Å². The molecule has 0 atom stereocenters. The van der Waals surface area contributed by atoms with Crippen molar-refractivity contribution >= 4 is 0 Å². The summed E-state index contributed by atoms with van der Waals surface area (Å²) in [5.41, 5.74) is 12.2. The largest absolute Gasteiger partial charge is 1.00 e. The predicted molar refractivity (Wildman–Crippen MR) is 18.6 cm³/mol. The number of nitrogens with one attached hydrogen (secondary N) is 1. The zero-order valence-corrected chi connectivity index (χ0v) is 5.66. The van der Waals surface area contributed by atoms with E-state index in [0.29, 0.717) is 0 Å². The Morgan fingerprint density at radius 3 is 1.86 bits per heavy atom. The minimum Gasteiger partial charge on any atom is -0.444 e. The van der Waals surface area contributed by atoms with E-state index in [2.05, 4.69) is 0 Å². The molecule has 7 heavy (non-hydrogen) atoms. The summed E-state index contributed by atoms with van der Waals surface area (Å²) in [6, 6.07) is 0. The van der Waals surface area contributed by atoms with Crippen molar-refractivity contribution in [1.29, 1.82) is 5.53 Å². The van der Waals surface area contributed by atoms with Crippen LogP contribution in [-0.4, -0.2) is 0 Å². The number of hydrogen-bond acceptors (Lipinski definition) is 4. The molecule has 7 heteroatoms. The van der Waals surface area contributed by atoms with Crippen LogP contribution < -0.4 is 29.6 Å². The Morgan fingerprint density at radius 1 is 1.86 bits per heavy atom. The Kier molecular flexibility index (Phi) is 98.4. The molecule has 0 aromatic carbocycles. The molecule has 0 aliphatic heterocycles. The summed E-state index contributed by atoms with van der Waals surface area (Å²) in [6.45, 7) is 0. The molecule has 0 spiro atoms. The summed E-state index contributed by atoms with van der Waals surface area (Å²) in [6.07, 6.45) is 0. The molecule has 34 valence electrons. The molecule has 0 aromatic rings. The first-order chi connectivity index (χ1) is 2.83. The zero-order chi connectivity index (χ0) is 5.41. The molecule has 6 nitrogen and oxygen atoms in total. The summed E-state index contributed by atoms with van der Waals surface area (Å²) in [5, 5.41) is 9.00. The van der Waals surface area contributed by atoms with Gasteiger partial charge in [0.15, 0.2) is 0 Å². The van der Waals surface area contributed by atoms with E-state index in [1.165, 1.54) is 0 Å². The average Bonchev–Trinajstić information content (AvgIpc) is 1.39. The van der Waals surface area contributed by atoms with Gasteiger partial charge in [-0.05, 0) is 10.4 Å². The third-order valence-electron chi connectivity index (χ3n) is 0. The Labute approximate surface area is 61.2 Å². The van der Waals surface area contributed by atoms with E-state index >= 15 is 0 Å². The van der Waals surface area contributed by atoms with E-state index < -0.39 is 0 Å². The van der Waals surface area contributed by atoms with Gasteiger partial charge in [-0.25, -0.2) is 0 Å². The molecule has 0 saturated carbocycles. The van der Waals surface area contributed by atoms with E-state index in [4.69, 9.17) is 21.2 Å². The topological polar surface area (TPSA) is 113 Å². The van der Waals surface area contributed by atoms with Gasteiger partial charge in [-0.1, -0.05) is 0 Å². The van der Waals surface area contributed by atoms with Crippen LogP contribution in [0.4, 0.5) is 0 Å². The smallest absolute Gasteiger partial charge is 0.444 e. The Bertz CT molecular complexity index is 54.7. The maximum absolute atomic E-state index is 8.00. The molecule has 0 aliphatic rings. The van der Waals surface area contributed by atoms with E-state index in [1.807, 2.05) is 0 Å². The minimum atomic E-state index is 0. The number of hydrogen-bond donors (Lipinski definition) is 1. The summed E-state index contributed by atoms with van der Waals surface area (Å²) in [5.74, 6) is 0. The molecule has 0 saturated heterocycles. The van der Waals surface area contributed by atoms with Crippen molar-refractivity contribution in [3.05, 3.63) is 20.6 Å². The van der Waals surface area contributed by atoms with Gasteiger partial charge in [0.1, 0.15) is 0 Å². The molecular formula is HN4NaO2. The van der Waals surface area contributed by atoms with Crippen LogP contribution in [-0.2, 0) is 0 Å². The van der Waals surface area contributed by atoms with Crippen LogP contribution in [0.1, 0.15) is 0 Å². The quantitative estimate of drug-likeness (QED) is 0.0987. The van der Waals surface area contributed by atoms with E-state index in [9.17, 15) is 0 Å². The van der Waals surface area contributed by atoms with Crippen molar-refractivity contribution in [3.8, 4) is 0 Å². The van der Waals surface area contributed by atoms with Crippen LogP contribution in [0.25, 0.3) is 10.4 Å². The van der Waals surface area contributed by atoms with Crippen LogP contribution in [0.2, 0.25) is 0 Å². The summed E-state index contributed by atoms with van der Waals surface area (Å²) < 4.78 is 0. The maximum atomic E-state index is 8.00. The first-order valence-electron chi connectivity index (χ1n) is 0.789. The number of nitrogens with zero attached hydrogens (tertiary/aromatic N) is 3. The van der Waals surface area contributed by atoms with Crippen LogP contribution in [0.15, 0.2) is 5.34 Å². The van der Waals surface area contributed by atoms with E-state index in [1.54, 1.807) is 4.91 Å². The van der Waals surface area contributed by atoms with Crippen LogP contribution in [0, 0.1) is 15.6 Å². The van der Waals surface area contributed by atoms with Gasteiger partial charge in [-0.3, -0.25) is 0 Å². The maximum Gasteiger partial charge on any atom is 1.00 e. The van der Waals surface area contributed by atoms with Gasteiger partial charge < -0.3 is 10.1 Å². The average molecular weight is 112 g/mol. The van der Waals surface area contributed by atoms with Crippen molar-refractivity contribution in [2.45, 2.75) is 0 Å². The molecule has 0 bridgehead atoms. The summed E-state index contributed by atoms with van der Waals surface area (Å²) in [7, 11) is 0. The third kappa shape index (κ3) is 935. The van der Waals surface area contributed by atoms with Crippen LogP contribution in [0.5, 0.6) is 0 Å². The second-order valence-electron chi connectivity index (χ2n) is 0.175. The number of rotatable bonds is 0. The van der Waals surface area contributed by atoms with Crippen molar-refractivity contribution in [1.82, 2.24) is 0 Å². The zero-order valence-electron chi connectivity index (χ0n) is 3.66. The first kappa shape index (κ1) is 15.9. The first-order valence-corrected chi connectivity index (χ1v) is 0.789. The molecule has 0 fully saturated rings. The summed E-state index contributed by atoms with van der Waals surface area (Å²) >= 11 is 0. The van der Waals surface area contributed by atoms with Gasteiger partial charge in [0.25, 0.3) is 0 Å². The van der Waals surface area contributed by atoms with Crippen molar-refractivity contribution in [2.75, 3.05) is 0 Å². The summed E-state index contributed by atoms with van der Waals surface area (Å²) in [4.78, 5) is 9.75. The van der Waals surface area contributed by atoms with Gasteiger partial charge in [-0.15, -0.1) is 10.9 Å². The third-order valence-corrected chi connectivity index (χ3v) is 0. The molecule has 0 amide bonds. The van der Waals surface area contributed by atoms with Crippen molar-refractivity contribution in [2.24, 2.45) is 5.34 Å². The second kappa shape index (κ2) is 43.3. The minimum absolute atomic E-state index is 0. The van der Waals surface area contributed by atoms with Crippen LogP contribution >= 0.6 is 0 Å². The SMILES string of the molecule is O=N[O-].[N-]=[N+]=N.[Na+]. The fourth-order valence-corrected chi connectivity index (χ4v) is 0. The van der Waals surface area contributed by atoms with E-state index in [0.717, 1.165) is 5.34 Å². The predicted octanol–water partition coefficient (Wildman–Crippen LogP) is -1.87. The fourth-order valence-electron chi connectivity index (χ4n) is 0. The monoisotopic (exact) mass is 112 g/mol.